The molecule has 1 unspecified atom stereocenters. The third kappa shape index (κ3) is 5.21. The number of fused-ring (bicyclic) bond motifs is 1. The Balaban J connectivity index is 1.84. The van der Waals surface area contributed by atoms with Crippen LogP contribution < -0.4 is 10.9 Å². The maximum atomic E-state index is 13.7. The summed E-state index contributed by atoms with van der Waals surface area (Å²) in [6, 6.07) is 20.9. The fourth-order valence-electron chi connectivity index (χ4n) is 4.04. The Labute approximate surface area is 208 Å². The number of carbonyl (C=O) groups excluding carboxylic acids is 1. The lowest BCUT2D eigenvalue weighted by Crippen LogP contribution is -2.41. The van der Waals surface area contributed by atoms with Crippen molar-refractivity contribution >= 4 is 34.2 Å². The SMILES string of the molecule is COCCN(C(=O)Nc1cccc(Cl)c1)C(C)c1nc2ccccc2c(=O)n1-c1ccccc1C. The summed E-state index contributed by atoms with van der Waals surface area (Å²) < 4.78 is 6.88. The van der Waals surface area contributed by atoms with Crippen LogP contribution in [-0.4, -0.2) is 40.7 Å². The van der Waals surface area contributed by atoms with Crippen LogP contribution in [0.5, 0.6) is 0 Å². The van der Waals surface area contributed by atoms with Crippen molar-refractivity contribution in [3.05, 3.63) is 99.6 Å². The molecule has 0 aliphatic carbocycles. The van der Waals surface area contributed by atoms with E-state index in [1.807, 2.05) is 50.2 Å². The Morgan fingerprint density at radius 1 is 1.11 bits per heavy atom. The molecular weight excluding hydrogens is 464 g/mol. The standard InChI is InChI=1S/C27H27ClN4O3/c1-18-9-4-7-14-24(18)32-25(30-23-13-6-5-12-22(23)26(32)33)19(2)31(15-16-35-3)27(34)29-21-11-8-10-20(28)17-21/h4-14,17,19H,15-16H2,1-3H3,(H,29,34). The molecule has 0 saturated heterocycles. The molecule has 1 N–H and O–H groups in total. The number of rotatable bonds is 7. The number of amides is 2. The molecule has 3 aromatic carbocycles. The highest BCUT2D eigenvalue weighted by atomic mass is 35.5. The van der Waals surface area contributed by atoms with Gasteiger partial charge >= 0.3 is 6.03 Å². The predicted octanol–water partition coefficient (Wildman–Crippen LogP) is 5.59. The number of nitrogens with zero attached hydrogens (tertiary/aromatic N) is 3. The molecule has 0 saturated carbocycles. The summed E-state index contributed by atoms with van der Waals surface area (Å²) in [5, 5.41) is 3.93. The van der Waals surface area contributed by atoms with Crippen molar-refractivity contribution in [2.24, 2.45) is 0 Å². The van der Waals surface area contributed by atoms with Gasteiger partial charge in [-0.25, -0.2) is 9.78 Å². The molecule has 4 rings (SSSR count). The van der Waals surface area contributed by atoms with Gasteiger partial charge in [-0.2, -0.15) is 0 Å². The van der Waals surface area contributed by atoms with Crippen LogP contribution in [-0.2, 0) is 4.74 Å². The lowest BCUT2D eigenvalue weighted by atomic mass is 10.1. The van der Waals surface area contributed by atoms with E-state index in [1.165, 1.54) is 0 Å². The third-order valence-electron chi connectivity index (χ3n) is 5.87. The number of hydrogen-bond donors (Lipinski definition) is 1. The molecule has 1 atom stereocenters. The first-order chi connectivity index (χ1) is 16.9. The number of para-hydroxylation sites is 2. The van der Waals surface area contributed by atoms with E-state index < -0.39 is 6.04 Å². The summed E-state index contributed by atoms with van der Waals surface area (Å²) >= 11 is 6.09. The molecule has 180 valence electrons. The number of aromatic nitrogens is 2. The van der Waals surface area contributed by atoms with Gasteiger partial charge in [0.25, 0.3) is 5.56 Å². The molecule has 0 fully saturated rings. The Morgan fingerprint density at radius 2 is 1.86 bits per heavy atom. The Morgan fingerprint density at radius 3 is 2.60 bits per heavy atom. The van der Waals surface area contributed by atoms with Crippen molar-refractivity contribution in [1.29, 1.82) is 0 Å². The van der Waals surface area contributed by atoms with E-state index in [9.17, 15) is 9.59 Å². The van der Waals surface area contributed by atoms with Gasteiger partial charge in [0, 0.05) is 24.4 Å². The molecule has 8 heteroatoms. The molecule has 0 spiro atoms. The molecule has 0 aliphatic rings. The van der Waals surface area contributed by atoms with Gasteiger partial charge in [0.1, 0.15) is 5.82 Å². The minimum absolute atomic E-state index is 0.186. The number of anilines is 1. The number of carbonyl (C=O) groups is 1. The van der Waals surface area contributed by atoms with Crippen LogP contribution in [0.25, 0.3) is 16.6 Å². The summed E-state index contributed by atoms with van der Waals surface area (Å²) in [5.41, 5.74) is 2.60. The molecule has 7 nitrogen and oxygen atoms in total. The van der Waals surface area contributed by atoms with E-state index >= 15 is 0 Å². The lowest BCUT2D eigenvalue weighted by molar-refractivity contribution is 0.137. The minimum atomic E-state index is -0.554. The van der Waals surface area contributed by atoms with E-state index in [0.717, 1.165) is 11.3 Å². The molecular formula is C27H27ClN4O3. The normalized spacial score (nSPS) is 11.9. The Kier molecular flexibility index (Phi) is 7.48. The van der Waals surface area contributed by atoms with Crippen LogP contribution in [0, 0.1) is 6.92 Å². The number of methoxy groups -OCH3 is 1. The summed E-state index contributed by atoms with van der Waals surface area (Å²) in [7, 11) is 1.58. The molecule has 35 heavy (non-hydrogen) atoms. The molecule has 0 aliphatic heterocycles. The van der Waals surface area contributed by atoms with E-state index in [-0.39, 0.29) is 11.6 Å². The van der Waals surface area contributed by atoms with Gasteiger partial charge in [-0.1, -0.05) is 48.0 Å². The monoisotopic (exact) mass is 490 g/mol. The van der Waals surface area contributed by atoms with Gasteiger partial charge in [-0.3, -0.25) is 9.36 Å². The molecule has 2 amide bonds. The van der Waals surface area contributed by atoms with Crippen LogP contribution in [0.1, 0.15) is 24.4 Å². The second kappa shape index (κ2) is 10.7. The first kappa shape index (κ1) is 24.4. The highest BCUT2D eigenvalue weighted by Gasteiger charge is 2.27. The maximum Gasteiger partial charge on any atom is 0.322 e. The second-order valence-electron chi connectivity index (χ2n) is 8.22. The van der Waals surface area contributed by atoms with Crippen molar-refractivity contribution in [2.45, 2.75) is 19.9 Å². The number of hydrogen-bond acceptors (Lipinski definition) is 4. The zero-order valence-electron chi connectivity index (χ0n) is 19.9. The number of benzene rings is 3. The molecule has 1 aromatic heterocycles. The van der Waals surface area contributed by atoms with Crippen LogP contribution in [0.2, 0.25) is 5.02 Å². The quantitative estimate of drug-likeness (QED) is 0.366. The van der Waals surface area contributed by atoms with E-state index in [2.05, 4.69) is 5.32 Å². The number of ether oxygens (including phenoxy) is 1. The number of urea groups is 1. The Hall–Kier alpha value is -3.68. The smallest absolute Gasteiger partial charge is 0.322 e. The van der Waals surface area contributed by atoms with Gasteiger partial charge in [0.15, 0.2) is 0 Å². The van der Waals surface area contributed by atoms with Gasteiger partial charge < -0.3 is 15.0 Å². The van der Waals surface area contributed by atoms with Crippen molar-refractivity contribution in [1.82, 2.24) is 14.5 Å². The molecule has 1 heterocycles. The zero-order valence-corrected chi connectivity index (χ0v) is 20.6. The summed E-state index contributed by atoms with van der Waals surface area (Å²) in [5.74, 6) is 0.459. The van der Waals surface area contributed by atoms with Crippen LogP contribution in [0.4, 0.5) is 10.5 Å². The van der Waals surface area contributed by atoms with Gasteiger partial charge in [0.05, 0.1) is 29.2 Å². The third-order valence-corrected chi connectivity index (χ3v) is 6.11. The summed E-state index contributed by atoms with van der Waals surface area (Å²) in [6.07, 6.45) is 0. The lowest BCUT2D eigenvalue weighted by Gasteiger charge is -2.30. The van der Waals surface area contributed by atoms with Crippen LogP contribution in [0.3, 0.4) is 0 Å². The highest BCUT2D eigenvalue weighted by molar-refractivity contribution is 6.30. The largest absolute Gasteiger partial charge is 0.383 e. The number of halogens is 1. The van der Waals surface area contributed by atoms with Crippen LogP contribution >= 0.6 is 11.6 Å². The van der Waals surface area contributed by atoms with Gasteiger partial charge in [-0.05, 0) is 55.8 Å². The van der Waals surface area contributed by atoms with E-state index in [1.54, 1.807) is 53.0 Å². The van der Waals surface area contributed by atoms with Gasteiger partial charge in [-0.15, -0.1) is 0 Å². The zero-order chi connectivity index (χ0) is 24.9. The molecule has 0 bridgehead atoms. The summed E-state index contributed by atoms with van der Waals surface area (Å²) in [4.78, 5) is 33.6. The predicted molar refractivity (Wildman–Crippen MR) is 140 cm³/mol. The number of nitrogens with one attached hydrogen (secondary N) is 1. The van der Waals surface area contributed by atoms with Crippen molar-refractivity contribution < 1.29 is 9.53 Å². The fourth-order valence-corrected chi connectivity index (χ4v) is 4.23. The first-order valence-electron chi connectivity index (χ1n) is 11.3. The van der Waals surface area contributed by atoms with E-state index in [4.69, 9.17) is 21.3 Å². The van der Waals surface area contributed by atoms with Crippen molar-refractivity contribution in [2.75, 3.05) is 25.6 Å². The average Bonchev–Trinajstić information content (AvgIpc) is 2.85. The Bertz CT molecular complexity index is 1420. The minimum Gasteiger partial charge on any atom is -0.383 e. The molecule has 4 aromatic rings. The average molecular weight is 491 g/mol. The van der Waals surface area contributed by atoms with Crippen molar-refractivity contribution in [3.8, 4) is 5.69 Å². The van der Waals surface area contributed by atoms with Crippen molar-refractivity contribution in [3.63, 3.8) is 0 Å². The van der Waals surface area contributed by atoms with E-state index in [0.29, 0.717) is 40.6 Å². The fraction of sp³-hybridized carbons (Fsp3) is 0.222. The maximum absolute atomic E-state index is 13.7. The highest BCUT2D eigenvalue weighted by Crippen LogP contribution is 2.25. The second-order valence-corrected chi connectivity index (χ2v) is 8.65. The number of aryl methyl sites for hydroxylation is 1. The topological polar surface area (TPSA) is 76.5 Å². The van der Waals surface area contributed by atoms with Gasteiger partial charge in [0.2, 0.25) is 0 Å². The molecule has 0 radical (unpaired) electrons. The summed E-state index contributed by atoms with van der Waals surface area (Å²) in [6.45, 7) is 4.41. The van der Waals surface area contributed by atoms with Crippen LogP contribution in [0.15, 0.2) is 77.6 Å². The first-order valence-corrected chi connectivity index (χ1v) is 11.7.